The van der Waals surface area contributed by atoms with E-state index in [2.05, 4.69) is 33.0 Å². The minimum atomic E-state index is -0.254. The van der Waals surface area contributed by atoms with Crippen molar-refractivity contribution in [2.75, 3.05) is 13.2 Å². The number of rotatable bonds is 8. The molecule has 0 heterocycles. The molecule has 1 amide bonds. The second-order valence-electron chi connectivity index (χ2n) is 14.2. The monoisotopic (exact) mass is 503 g/mol. The summed E-state index contributed by atoms with van der Waals surface area (Å²) < 4.78 is 5.55. The molecule has 5 aliphatic carbocycles. The molecule has 0 spiro atoms. The molecule has 5 fully saturated rings. The maximum atomic E-state index is 12.1. The number of carbonyl (C=O) groups excluding carboxylic acids is 1. The Morgan fingerprint density at radius 1 is 1.00 bits per heavy atom. The summed E-state index contributed by atoms with van der Waals surface area (Å²) in [4.78, 5) is 12.1. The second kappa shape index (κ2) is 10.4. The summed E-state index contributed by atoms with van der Waals surface area (Å²) in [5, 5.41) is 25.3. The SMILES string of the molecule is CC[C@H]1[C@@H](O)[C@@H]2[C@H](CC[C@]3(C)[C@@H]([C@H](C)CCOC(=O)NCCC4CC4)CC[C@@H]23)[C@@]2(C)CC[C@@H](O)C[C@@H]12. The summed E-state index contributed by atoms with van der Waals surface area (Å²) in [6.45, 7) is 10.9. The van der Waals surface area contributed by atoms with Crippen LogP contribution in [0, 0.1) is 58.2 Å². The van der Waals surface area contributed by atoms with Crippen LogP contribution in [-0.4, -0.2) is 41.7 Å². The Balaban J connectivity index is 1.22. The first kappa shape index (κ1) is 26.8. The van der Waals surface area contributed by atoms with Crippen molar-refractivity contribution >= 4 is 6.09 Å². The van der Waals surface area contributed by atoms with Gasteiger partial charge in [0.1, 0.15) is 0 Å². The van der Waals surface area contributed by atoms with Crippen LogP contribution < -0.4 is 5.32 Å². The van der Waals surface area contributed by atoms with Gasteiger partial charge in [-0.25, -0.2) is 4.79 Å². The lowest BCUT2D eigenvalue weighted by molar-refractivity contribution is -0.203. The molecule has 0 aromatic rings. The standard InChI is InChI=1S/C31H53NO4/c1-5-22-26-18-21(33)10-14-31(26,4)25-11-15-30(3)23(8-9-24(30)27(25)28(22)34)19(2)13-17-36-29(35)32-16-12-20-6-7-20/h19-28,33-34H,5-18H2,1-4H3,(H,32,35)/t19-,21-,22-,23-,24+,25+,26+,27+,28-,30-,31-/m1/s1. The summed E-state index contributed by atoms with van der Waals surface area (Å²) in [5.74, 6) is 4.32. The van der Waals surface area contributed by atoms with Crippen molar-refractivity contribution in [2.24, 2.45) is 58.2 Å². The van der Waals surface area contributed by atoms with Crippen LogP contribution in [0.1, 0.15) is 105 Å². The zero-order chi connectivity index (χ0) is 25.7. The van der Waals surface area contributed by atoms with Crippen molar-refractivity contribution < 1.29 is 19.7 Å². The lowest BCUT2D eigenvalue weighted by Crippen LogP contribution is -2.62. The smallest absolute Gasteiger partial charge is 0.407 e. The van der Waals surface area contributed by atoms with E-state index in [4.69, 9.17) is 4.74 Å². The number of amides is 1. The third-order valence-electron chi connectivity index (χ3n) is 12.5. The van der Waals surface area contributed by atoms with Gasteiger partial charge < -0.3 is 20.3 Å². The quantitative estimate of drug-likeness (QED) is 0.370. The number of aliphatic hydroxyl groups excluding tert-OH is 2. The van der Waals surface area contributed by atoms with Crippen LogP contribution in [0.5, 0.6) is 0 Å². The second-order valence-corrected chi connectivity index (χ2v) is 14.2. The molecule has 5 heteroatoms. The van der Waals surface area contributed by atoms with Gasteiger partial charge in [0.15, 0.2) is 0 Å². The molecule has 0 radical (unpaired) electrons. The van der Waals surface area contributed by atoms with Gasteiger partial charge >= 0.3 is 6.09 Å². The number of hydrogen-bond acceptors (Lipinski definition) is 4. The molecule has 0 unspecified atom stereocenters. The lowest BCUT2D eigenvalue weighted by atomic mass is 9.41. The molecule has 5 rings (SSSR count). The van der Waals surface area contributed by atoms with Gasteiger partial charge in [-0.05, 0) is 116 Å². The molecule has 5 nitrogen and oxygen atoms in total. The summed E-state index contributed by atoms with van der Waals surface area (Å²) in [7, 11) is 0. The minimum absolute atomic E-state index is 0.186. The van der Waals surface area contributed by atoms with Gasteiger partial charge in [0.2, 0.25) is 0 Å². The highest BCUT2D eigenvalue weighted by atomic mass is 16.5. The van der Waals surface area contributed by atoms with Crippen LogP contribution in [0.15, 0.2) is 0 Å². The van der Waals surface area contributed by atoms with Crippen LogP contribution in [-0.2, 0) is 4.74 Å². The van der Waals surface area contributed by atoms with E-state index in [1.807, 2.05) is 0 Å². The van der Waals surface area contributed by atoms with E-state index >= 15 is 0 Å². The Morgan fingerprint density at radius 3 is 2.44 bits per heavy atom. The Hall–Kier alpha value is -0.810. The van der Waals surface area contributed by atoms with E-state index in [0.717, 1.165) is 51.0 Å². The maximum absolute atomic E-state index is 12.1. The van der Waals surface area contributed by atoms with E-state index in [9.17, 15) is 15.0 Å². The predicted octanol–water partition coefficient (Wildman–Crippen LogP) is 6.17. The summed E-state index contributed by atoms with van der Waals surface area (Å²) in [5.41, 5.74) is 0.527. The molecule has 206 valence electrons. The van der Waals surface area contributed by atoms with Crippen molar-refractivity contribution in [3.05, 3.63) is 0 Å². The van der Waals surface area contributed by atoms with Gasteiger partial charge in [-0.2, -0.15) is 0 Å². The molecular weight excluding hydrogens is 450 g/mol. The maximum Gasteiger partial charge on any atom is 0.407 e. The van der Waals surface area contributed by atoms with Crippen molar-refractivity contribution in [3.63, 3.8) is 0 Å². The highest BCUT2D eigenvalue weighted by Crippen LogP contribution is 2.69. The number of alkyl carbamates (subject to hydrolysis) is 1. The van der Waals surface area contributed by atoms with Crippen molar-refractivity contribution in [2.45, 2.75) is 117 Å². The van der Waals surface area contributed by atoms with E-state index in [1.165, 1.54) is 38.5 Å². The molecule has 0 aliphatic heterocycles. The average molecular weight is 504 g/mol. The fraction of sp³-hybridized carbons (Fsp3) is 0.968. The van der Waals surface area contributed by atoms with E-state index < -0.39 is 0 Å². The van der Waals surface area contributed by atoms with Gasteiger partial charge in [0.25, 0.3) is 0 Å². The fourth-order valence-corrected chi connectivity index (χ4v) is 10.3. The van der Waals surface area contributed by atoms with Gasteiger partial charge in [0.05, 0.1) is 18.8 Å². The molecule has 36 heavy (non-hydrogen) atoms. The largest absolute Gasteiger partial charge is 0.450 e. The Bertz CT molecular complexity index is 785. The van der Waals surface area contributed by atoms with Gasteiger partial charge in [-0.1, -0.05) is 47.0 Å². The van der Waals surface area contributed by atoms with Crippen LogP contribution in [0.2, 0.25) is 0 Å². The van der Waals surface area contributed by atoms with Crippen LogP contribution in [0.4, 0.5) is 4.79 Å². The highest BCUT2D eigenvalue weighted by Gasteiger charge is 2.64. The molecule has 11 atom stereocenters. The van der Waals surface area contributed by atoms with Gasteiger partial charge in [0, 0.05) is 6.54 Å². The molecule has 0 bridgehead atoms. The Kier molecular flexibility index (Phi) is 7.73. The Morgan fingerprint density at radius 2 is 1.72 bits per heavy atom. The third kappa shape index (κ3) is 4.74. The topological polar surface area (TPSA) is 78.8 Å². The van der Waals surface area contributed by atoms with E-state index in [1.54, 1.807) is 0 Å². The zero-order valence-electron chi connectivity index (χ0n) is 23.4. The molecule has 3 N–H and O–H groups in total. The number of hydrogen-bond donors (Lipinski definition) is 3. The Labute approximate surface area is 219 Å². The number of aliphatic hydroxyl groups is 2. The molecular formula is C31H53NO4. The molecule has 5 saturated carbocycles. The lowest BCUT2D eigenvalue weighted by Gasteiger charge is -2.64. The van der Waals surface area contributed by atoms with E-state index in [-0.39, 0.29) is 29.1 Å². The molecule has 0 aromatic heterocycles. The summed E-state index contributed by atoms with van der Waals surface area (Å²) in [6, 6.07) is 0. The van der Waals surface area contributed by atoms with Crippen molar-refractivity contribution in [1.29, 1.82) is 0 Å². The fourth-order valence-electron chi connectivity index (χ4n) is 10.3. The highest BCUT2D eigenvalue weighted by molar-refractivity contribution is 5.66. The van der Waals surface area contributed by atoms with Gasteiger partial charge in [-0.15, -0.1) is 0 Å². The zero-order valence-corrected chi connectivity index (χ0v) is 23.4. The first-order chi connectivity index (χ1) is 17.2. The van der Waals surface area contributed by atoms with Crippen molar-refractivity contribution in [3.8, 4) is 0 Å². The number of ether oxygens (including phenoxy) is 1. The van der Waals surface area contributed by atoms with E-state index in [0.29, 0.717) is 48.0 Å². The number of fused-ring (bicyclic) bond motifs is 5. The normalized spacial score (nSPS) is 46.8. The minimum Gasteiger partial charge on any atom is -0.450 e. The summed E-state index contributed by atoms with van der Waals surface area (Å²) >= 11 is 0. The van der Waals surface area contributed by atoms with Crippen LogP contribution in [0.3, 0.4) is 0 Å². The number of carbonyl (C=O) groups is 1. The predicted molar refractivity (Wildman–Crippen MR) is 142 cm³/mol. The first-order valence-corrected chi connectivity index (χ1v) is 15.5. The van der Waals surface area contributed by atoms with Crippen LogP contribution >= 0.6 is 0 Å². The van der Waals surface area contributed by atoms with Gasteiger partial charge in [-0.3, -0.25) is 0 Å². The van der Waals surface area contributed by atoms with Crippen LogP contribution in [0.25, 0.3) is 0 Å². The molecule has 5 aliphatic rings. The number of nitrogens with one attached hydrogen (secondary N) is 1. The van der Waals surface area contributed by atoms with Crippen molar-refractivity contribution in [1.82, 2.24) is 5.32 Å². The molecule has 0 aromatic carbocycles. The molecule has 0 saturated heterocycles. The first-order valence-electron chi connectivity index (χ1n) is 15.5. The average Bonchev–Trinajstić information content (AvgIpc) is 3.59. The summed E-state index contributed by atoms with van der Waals surface area (Å²) in [6.07, 6.45) is 12.8. The third-order valence-corrected chi connectivity index (χ3v) is 12.5.